The molecule has 2 amide bonds. The summed E-state index contributed by atoms with van der Waals surface area (Å²) in [5.41, 5.74) is 1.97. The third kappa shape index (κ3) is 3.57. The minimum atomic E-state index is -0.393. The molecule has 1 aliphatic carbocycles. The van der Waals surface area contributed by atoms with Crippen LogP contribution in [-0.4, -0.2) is 23.9 Å². The average molecular weight is 314 g/mol. The van der Waals surface area contributed by atoms with Crippen molar-refractivity contribution < 1.29 is 9.59 Å². The van der Waals surface area contributed by atoms with Gasteiger partial charge in [0.1, 0.15) is 6.04 Å². The first-order chi connectivity index (χ1) is 11.2. The van der Waals surface area contributed by atoms with E-state index < -0.39 is 6.04 Å². The van der Waals surface area contributed by atoms with E-state index in [4.69, 9.17) is 0 Å². The summed E-state index contributed by atoms with van der Waals surface area (Å²) in [5, 5.41) is 3.22. The van der Waals surface area contributed by atoms with Crippen LogP contribution < -0.4 is 10.2 Å². The summed E-state index contributed by atoms with van der Waals surface area (Å²) >= 11 is 0. The third-order valence-electron chi connectivity index (χ3n) is 5.07. The van der Waals surface area contributed by atoms with Gasteiger partial charge in [0, 0.05) is 25.1 Å². The predicted octanol–water partition coefficient (Wildman–Crippen LogP) is 3.19. The Balaban J connectivity index is 1.70. The Morgan fingerprint density at radius 3 is 2.39 bits per heavy atom. The number of para-hydroxylation sites is 1. The van der Waals surface area contributed by atoms with Crippen molar-refractivity contribution in [1.82, 2.24) is 5.32 Å². The van der Waals surface area contributed by atoms with E-state index in [9.17, 15) is 9.59 Å². The molecule has 0 radical (unpaired) electrons. The molecule has 0 unspecified atom stereocenters. The first-order valence-electron chi connectivity index (χ1n) is 8.85. The number of hydrogen-bond donors (Lipinski definition) is 1. The van der Waals surface area contributed by atoms with Crippen LogP contribution in [0.2, 0.25) is 0 Å². The molecule has 1 aromatic carbocycles. The van der Waals surface area contributed by atoms with Gasteiger partial charge in [-0.05, 0) is 24.5 Å². The second-order valence-electron chi connectivity index (χ2n) is 6.79. The number of benzene rings is 1. The number of nitrogens with one attached hydrogen (secondary N) is 1. The molecule has 1 aliphatic heterocycles. The van der Waals surface area contributed by atoms with Crippen molar-refractivity contribution in [2.24, 2.45) is 0 Å². The molecule has 0 bridgehead atoms. The highest BCUT2D eigenvalue weighted by Gasteiger charge is 2.37. The number of rotatable bonds is 2. The average Bonchev–Trinajstić information content (AvgIpc) is 2.89. The molecule has 124 valence electrons. The van der Waals surface area contributed by atoms with Gasteiger partial charge in [0.15, 0.2) is 0 Å². The molecule has 0 aromatic heterocycles. The van der Waals surface area contributed by atoms with Crippen LogP contribution in [0, 0.1) is 0 Å². The minimum absolute atomic E-state index is 0.00183. The summed E-state index contributed by atoms with van der Waals surface area (Å²) < 4.78 is 0. The summed E-state index contributed by atoms with van der Waals surface area (Å²) in [5.74, 6) is -0.0604. The van der Waals surface area contributed by atoms with Crippen molar-refractivity contribution in [2.75, 3.05) is 4.90 Å². The van der Waals surface area contributed by atoms with Gasteiger partial charge >= 0.3 is 0 Å². The molecule has 1 atom stereocenters. The number of fused-ring (bicyclic) bond motifs is 1. The van der Waals surface area contributed by atoms with E-state index in [0.29, 0.717) is 6.42 Å². The Morgan fingerprint density at radius 2 is 1.70 bits per heavy atom. The fourth-order valence-corrected chi connectivity index (χ4v) is 3.88. The number of carbonyl (C=O) groups excluding carboxylic acids is 2. The maximum atomic E-state index is 12.8. The van der Waals surface area contributed by atoms with Crippen LogP contribution in [0.4, 0.5) is 5.69 Å². The zero-order valence-corrected chi connectivity index (χ0v) is 13.9. The van der Waals surface area contributed by atoms with E-state index in [-0.39, 0.29) is 17.9 Å². The van der Waals surface area contributed by atoms with Crippen molar-refractivity contribution in [3.8, 4) is 0 Å². The van der Waals surface area contributed by atoms with Gasteiger partial charge in [0.2, 0.25) is 11.8 Å². The van der Waals surface area contributed by atoms with Crippen molar-refractivity contribution in [2.45, 2.75) is 70.4 Å². The van der Waals surface area contributed by atoms with Crippen molar-refractivity contribution in [3.05, 3.63) is 29.8 Å². The lowest BCUT2D eigenvalue weighted by Gasteiger charge is -2.27. The van der Waals surface area contributed by atoms with Crippen LogP contribution in [0.15, 0.2) is 24.3 Å². The van der Waals surface area contributed by atoms with E-state index in [1.165, 1.54) is 39.0 Å². The van der Waals surface area contributed by atoms with Crippen LogP contribution in [0.3, 0.4) is 0 Å². The van der Waals surface area contributed by atoms with E-state index in [2.05, 4.69) is 5.32 Å². The molecule has 1 aromatic rings. The predicted molar refractivity (Wildman–Crippen MR) is 91.3 cm³/mol. The fraction of sp³-hybridized carbons (Fsp3) is 0.579. The topological polar surface area (TPSA) is 49.4 Å². The largest absolute Gasteiger partial charge is 0.352 e. The number of carbonyl (C=O) groups is 2. The lowest BCUT2D eigenvalue weighted by Crippen LogP contribution is -2.50. The first kappa shape index (κ1) is 16.0. The molecule has 0 spiro atoms. The normalized spacial score (nSPS) is 22.1. The maximum absolute atomic E-state index is 12.8. The highest BCUT2D eigenvalue weighted by molar-refractivity contribution is 6.02. The summed E-state index contributed by atoms with van der Waals surface area (Å²) in [4.78, 5) is 26.5. The molecule has 4 nitrogen and oxygen atoms in total. The molecule has 1 N–H and O–H groups in total. The molecule has 1 heterocycles. The summed E-state index contributed by atoms with van der Waals surface area (Å²) in [6.45, 7) is 1.54. The molecule has 0 saturated heterocycles. The molecule has 1 fully saturated rings. The van der Waals surface area contributed by atoms with Crippen LogP contribution in [0.5, 0.6) is 0 Å². The zero-order chi connectivity index (χ0) is 16.2. The maximum Gasteiger partial charge on any atom is 0.243 e. The second kappa shape index (κ2) is 7.16. The third-order valence-corrected chi connectivity index (χ3v) is 5.07. The molecule has 2 aliphatic rings. The van der Waals surface area contributed by atoms with Gasteiger partial charge in [0.25, 0.3) is 0 Å². The SMILES string of the molecule is CC(=O)N1c2ccccc2C[C@H]1C(=O)NC1CCCCCCC1. The van der Waals surface area contributed by atoms with Gasteiger partial charge in [-0.2, -0.15) is 0 Å². The van der Waals surface area contributed by atoms with E-state index in [0.717, 1.165) is 24.1 Å². The number of nitrogens with zero attached hydrogens (tertiary/aromatic N) is 1. The quantitative estimate of drug-likeness (QED) is 0.911. The number of hydrogen-bond acceptors (Lipinski definition) is 2. The Morgan fingerprint density at radius 1 is 1.04 bits per heavy atom. The van der Waals surface area contributed by atoms with Crippen molar-refractivity contribution in [1.29, 1.82) is 0 Å². The molecule has 4 heteroatoms. The zero-order valence-electron chi connectivity index (χ0n) is 13.9. The van der Waals surface area contributed by atoms with E-state index in [1.807, 2.05) is 24.3 Å². The fourth-order valence-electron chi connectivity index (χ4n) is 3.88. The van der Waals surface area contributed by atoms with Crippen LogP contribution in [-0.2, 0) is 16.0 Å². The highest BCUT2D eigenvalue weighted by Crippen LogP contribution is 2.32. The molecule has 23 heavy (non-hydrogen) atoms. The summed E-state index contributed by atoms with van der Waals surface area (Å²) in [6.07, 6.45) is 8.96. The van der Waals surface area contributed by atoms with Gasteiger partial charge in [-0.15, -0.1) is 0 Å². The van der Waals surface area contributed by atoms with Gasteiger partial charge in [0.05, 0.1) is 0 Å². The van der Waals surface area contributed by atoms with Gasteiger partial charge < -0.3 is 5.32 Å². The summed E-state index contributed by atoms with van der Waals surface area (Å²) in [7, 11) is 0. The highest BCUT2D eigenvalue weighted by atomic mass is 16.2. The second-order valence-corrected chi connectivity index (χ2v) is 6.79. The Kier molecular flexibility index (Phi) is 4.99. The Hall–Kier alpha value is -1.84. The minimum Gasteiger partial charge on any atom is -0.352 e. The van der Waals surface area contributed by atoms with Crippen LogP contribution in [0.25, 0.3) is 0 Å². The number of amides is 2. The van der Waals surface area contributed by atoms with Gasteiger partial charge in [-0.1, -0.05) is 50.3 Å². The first-order valence-corrected chi connectivity index (χ1v) is 8.85. The molecular weight excluding hydrogens is 288 g/mol. The Labute approximate surface area is 138 Å². The Bertz CT molecular complexity index is 576. The van der Waals surface area contributed by atoms with Crippen LogP contribution in [0.1, 0.15) is 57.4 Å². The summed E-state index contributed by atoms with van der Waals surface area (Å²) in [6, 6.07) is 7.69. The molecular formula is C19H26N2O2. The standard InChI is InChI=1S/C19H26N2O2/c1-14(22)21-17-12-8-7-9-15(17)13-18(21)19(23)20-16-10-5-3-2-4-6-11-16/h7-9,12,16,18H,2-6,10-11,13H2,1H3,(H,20,23)/t18-/m0/s1. The van der Waals surface area contributed by atoms with Crippen molar-refractivity contribution >= 4 is 17.5 Å². The van der Waals surface area contributed by atoms with Crippen LogP contribution >= 0.6 is 0 Å². The lowest BCUT2D eigenvalue weighted by atomic mass is 9.96. The number of anilines is 1. The van der Waals surface area contributed by atoms with Crippen molar-refractivity contribution in [3.63, 3.8) is 0 Å². The van der Waals surface area contributed by atoms with Gasteiger partial charge in [-0.25, -0.2) is 0 Å². The molecule has 1 saturated carbocycles. The molecule has 3 rings (SSSR count). The van der Waals surface area contributed by atoms with Gasteiger partial charge in [-0.3, -0.25) is 14.5 Å². The monoisotopic (exact) mass is 314 g/mol. The smallest absolute Gasteiger partial charge is 0.243 e. The van der Waals surface area contributed by atoms with E-state index in [1.54, 1.807) is 4.90 Å². The van der Waals surface area contributed by atoms with E-state index >= 15 is 0 Å². The lowest BCUT2D eigenvalue weighted by molar-refractivity contribution is -0.126.